The van der Waals surface area contributed by atoms with Crippen molar-refractivity contribution in [1.82, 2.24) is 0 Å². The minimum atomic E-state index is -0.982. The molecule has 0 saturated carbocycles. The van der Waals surface area contributed by atoms with Crippen molar-refractivity contribution in [3.63, 3.8) is 0 Å². The van der Waals surface area contributed by atoms with E-state index >= 15 is 0 Å². The predicted octanol–water partition coefficient (Wildman–Crippen LogP) is 5.36. The summed E-state index contributed by atoms with van der Waals surface area (Å²) >= 11 is 4.93. The van der Waals surface area contributed by atoms with E-state index in [-0.39, 0.29) is 5.56 Å². The Morgan fingerprint density at radius 1 is 1.29 bits per heavy atom. The fraction of sp³-hybridized carbons (Fsp3) is 0.188. The van der Waals surface area contributed by atoms with E-state index in [4.69, 9.17) is 4.74 Å². The first-order chi connectivity index (χ1) is 10.0. The maximum absolute atomic E-state index is 11.5. The Hall–Kier alpha value is -1.46. The molecular formula is C16H15BrO3S. The molecule has 0 amide bonds. The first kappa shape index (κ1) is 15.9. The van der Waals surface area contributed by atoms with Crippen molar-refractivity contribution in [2.75, 3.05) is 5.75 Å². The van der Waals surface area contributed by atoms with Gasteiger partial charge in [-0.15, -0.1) is 11.8 Å². The number of aryl methyl sites for hydroxylation is 1. The van der Waals surface area contributed by atoms with E-state index in [2.05, 4.69) is 15.9 Å². The summed E-state index contributed by atoms with van der Waals surface area (Å²) in [6.07, 6.45) is 0. The molecule has 2 rings (SSSR count). The van der Waals surface area contributed by atoms with Gasteiger partial charge in [0.1, 0.15) is 17.1 Å². The van der Waals surface area contributed by atoms with Gasteiger partial charge >= 0.3 is 5.97 Å². The second kappa shape index (κ2) is 7.00. The van der Waals surface area contributed by atoms with Crippen molar-refractivity contribution in [1.29, 1.82) is 0 Å². The lowest BCUT2D eigenvalue weighted by molar-refractivity contribution is 0.0690. The molecule has 2 aromatic rings. The average Bonchev–Trinajstić information content (AvgIpc) is 2.42. The van der Waals surface area contributed by atoms with Crippen molar-refractivity contribution < 1.29 is 14.6 Å². The van der Waals surface area contributed by atoms with Crippen LogP contribution in [0.2, 0.25) is 0 Å². The first-order valence-electron chi connectivity index (χ1n) is 6.46. The number of benzene rings is 2. The summed E-state index contributed by atoms with van der Waals surface area (Å²) in [7, 11) is 0. The summed E-state index contributed by atoms with van der Waals surface area (Å²) in [5.41, 5.74) is 1.31. The molecule has 0 saturated heterocycles. The lowest BCUT2D eigenvalue weighted by Crippen LogP contribution is -2.02. The molecule has 0 atom stereocenters. The van der Waals surface area contributed by atoms with Crippen molar-refractivity contribution in [2.45, 2.75) is 18.7 Å². The largest absolute Gasteiger partial charge is 0.478 e. The molecule has 0 bridgehead atoms. The lowest BCUT2D eigenvalue weighted by atomic mass is 10.2. The number of carboxylic acid groups (broad SMARTS) is 1. The van der Waals surface area contributed by atoms with Crippen LogP contribution in [0.25, 0.3) is 0 Å². The molecule has 21 heavy (non-hydrogen) atoms. The van der Waals surface area contributed by atoms with Gasteiger partial charge in [0.15, 0.2) is 0 Å². The van der Waals surface area contributed by atoms with E-state index in [1.165, 1.54) is 11.8 Å². The van der Waals surface area contributed by atoms with Crippen LogP contribution in [-0.4, -0.2) is 16.8 Å². The molecule has 0 fully saturated rings. The summed E-state index contributed by atoms with van der Waals surface area (Å²) in [4.78, 5) is 12.3. The third-order valence-electron chi connectivity index (χ3n) is 2.81. The average molecular weight is 367 g/mol. The van der Waals surface area contributed by atoms with Gasteiger partial charge in [0.25, 0.3) is 0 Å². The first-order valence-corrected chi connectivity index (χ1v) is 8.24. The molecular weight excluding hydrogens is 352 g/mol. The minimum Gasteiger partial charge on any atom is -0.478 e. The molecule has 0 heterocycles. The molecule has 0 aliphatic carbocycles. The maximum atomic E-state index is 11.5. The van der Waals surface area contributed by atoms with Crippen molar-refractivity contribution in [3.05, 3.63) is 52.0 Å². The highest BCUT2D eigenvalue weighted by Crippen LogP contribution is 2.36. The van der Waals surface area contributed by atoms with Crippen LogP contribution in [0.15, 0.2) is 45.8 Å². The van der Waals surface area contributed by atoms with Crippen LogP contribution >= 0.6 is 27.7 Å². The van der Waals surface area contributed by atoms with Crippen molar-refractivity contribution in [2.24, 2.45) is 0 Å². The van der Waals surface area contributed by atoms with E-state index in [9.17, 15) is 9.90 Å². The number of halogens is 1. The SMILES string of the molecule is CCSc1cccc(Oc2ccc(C)cc2Br)c1C(=O)O. The summed E-state index contributed by atoms with van der Waals surface area (Å²) < 4.78 is 6.60. The Morgan fingerprint density at radius 3 is 2.67 bits per heavy atom. The highest BCUT2D eigenvalue weighted by molar-refractivity contribution is 9.10. The Balaban J connectivity index is 2.43. The molecule has 3 nitrogen and oxygen atoms in total. The number of hydrogen-bond donors (Lipinski definition) is 1. The van der Waals surface area contributed by atoms with Gasteiger partial charge in [0, 0.05) is 4.90 Å². The van der Waals surface area contributed by atoms with Gasteiger partial charge in [-0.25, -0.2) is 4.79 Å². The van der Waals surface area contributed by atoms with Crippen LogP contribution in [0.4, 0.5) is 0 Å². The van der Waals surface area contributed by atoms with Crippen LogP contribution in [0, 0.1) is 6.92 Å². The minimum absolute atomic E-state index is 0.205. The quantitative estimate of drug-likeness (QED) is 0.723. The molecule has 0 spiro atoms. The number of carboxylic acids is 1. The Morgan fingerprint density at radius 2 is 2.05 bits per heavy atom. The number of carbonyl (C=O) groups is 1. The topological polar surface area (TPSA) is 46.5 Å². The van der Waals surface area contributed by atoms with E-state index in [0.717, 1.165) is 15.8 Å². The molecule has 1 N–H and O–H groups in total. The fourth-order valence-electron chi connectivity index (χ4n) is 1.89. The van der Waals surface area contributed by atoms with Gasteiger partial charge in [-0.3, -0.25) is 0 Å². The third-order valence-corrected chi connectivity index (χ3v) is 4.37. The fourth-order valence-corrected chi connectivity index (χ4v) is 3.28. The molecule has 0 radical (unpaired) electrons. The van der Waals surface area contributed by atoms with Crippen LogP contribution in [0.1, 0.15) is 22.8 Å². The van der Waals surface area contributed by atoms with Crippen LogP contribution < -0.4 is 4.74 Å². The molecule has 0 aliphatic heterocycles. The van der Waals surface area contributed by atoms with E-state index in [1.54, 1.807) is 12.1 Å². The smallest absolute Gasteiger partial charge is 0.340 e. The van der Waals surface area contributed by atoms with E-state index in [1.807, 2.05) is 38.1 Å². The normalized spacial score (nSPS) is 10.4. The highest BCUT2D eigenvalue weighted by atomic mass is 79.9. The van der Waals surface area contributed by atoms with Gasteiger partial charge in [-0.1, -0.05) is 19.1 Å². The van der Waals surface area contributed by atoms with Gasteiger partial charge in [0.2, 0.25) is 0 Å². The predicted molar refractivity (Wildman–Crippen MR) is 88.8 cm³/mol. The zero-order chi connectivity index (χ0) is 15.4. The van der Waals surface area contributed by atoms with E-state index < -0.39 is 5.97 Å². The third kappa shape index (κ3) is 3.80. The Labute approximate surface area is 136 Å². The zero-order valence-corrected chi connectivity index (χ0v) is 14.1. The van der Waals surface area contributed by atoms with Gasteiger partial charge in [-0.05, 0) is 58.4 Å². The molecule has 0 unspecified atom stereocenters. The Bertz CT molecular complexity index is 671. The molecule has 2 aromatic carbocycles. The molecule has 110 valence electrons. The summed E-state index contributed by atoms with van der Waals surface area (Å²) in [5, 5.41) is 9.46. The van der Waals surface area contributed by atoms with Gasteiger partial charge < -0.3 is 9.84 Å². The second-order valence-corrected chi connectivity index (χ2v) is 6.56. The Kier molecular flexibility index (Phi) is 5.31. The van der Waals surface area contributed by atoms with Gasteiger partial charge in [-0.2, -0.15) is 0 Å². The molecule has 0 aromatic heterocycles. The van der Waals surface area contributed by atoms with Gasteiger partial charge in [0.05, 0.1) is 4.47 Å². The monoisotopic (exact) mass is 366 g/mol. The number of aromatic carboxylic acids is 1. The van der Waals surface area contributed by atoms with Crippen LogP contribution in [0.3, 0.4) is 0 Å². The van der Waals surface area contributed by atoms with Crippen LogP contribution in [0.5, 0.6) is 11.5 Å². The van der Waals surface area contributed by atoms with Crippen molar-refractivity contribution in [3.8, 4) is 11.5 Å². The standard InChI is InChI=1S/C16H15BrO3S/c1-3-21-14-6-4-5-13(15(14)16(18)19)20-12-8-7-10(2)9-11(12)17/h4-9H,3H2,1-2H3,(H,18,19). The zero-order valence-electron chi connectivity index (χ0n) is 11.7. The summed E-state index contributed by atoms with van der Waals surface area (Å²) in [6.45, 7) is 3.97. The highest BCUT2D eigenvalue weighted by Gasteiger charge is 2.18. The van der Waals surface area contributed by atoms with Crippen molar-refractivity contribution >= 4 is 33.7 Å². The molecule has 0 aliphatic rings. The maximum Gasteiger partial charge on any atom is 0.340 e. The second-order valence-electron chi connectivity index (χ2n) is 4.40. The number of rotatable bonds is 5. The van der Waals surface area contributed by atoms with Crippen LogP contribution in [-0.2, 0) is 0 Å². The molecule has 5 heteroatoms. The summed E-state index contributed by atoms with van der Waals surface area (Å²) in [6, 6.07) is 11.0. The lowest BCUT2D eigenvalue weighted by Gasteiger charge is -2.13. The number of hydrogen-bond acceptors (Lipinski definition) is 3. The summed E-state index contributed by atoms with van der Waals surface area (Å²) in [5.74, 6) is 0.773. The number of ether oxygens (including phenoxy) is 1. The number of thioether (sulfide) groups is 1. The van der Waals surface area contributed by atoms with E-state index in [0.29, 0.717) is 16.4 Å².